The van der Waals surface area contributed by atoms with E-state index in [-0.39, 0.29) is 18.4 Å². The molecule has 0 bridgehead atoms. The number of nitrogens with two attached hydrogens (primary N) is 1. The molecular weight excluding hydrogens is 250 g/mol. The second-order valence-corrected chi connectivity index (χ2v) is 4.80. The minimum absolute atomic E-state index is 0.0439. The maximum absolute atomic E-state index is 11.9. The molecule has 1 unspecified atom stereocenters. The van der Waals surface area contributed by atoms with Crippen LogP contribution in [0.3, 0.4) is 0 Å². The Bertz CT molecular complexity index is 569. The Labute approximate surface area is 119 Å². The summed E-state index contributed by atoms with van der Waals surface area (Å²) in [4.78, 5) is 15.9. The third-order valence-electron chi connectivity index (χ3n) is 3.25. The minimum atomic E-state index is -0.269. The van der Waals surface area contributed by atoms with E-state index < -0.39 is 0 Å². The summed E-state index contributed by atoms with van der Waals surface area (Å²) in [5.74, 6) is -0.0439. The number of hydrogen-bond acceptors (Lipinski definition) is 3. The summed E-state index contributed by atoms with van der Waals surface area (Å²) < 4.78 is 0. The van der Waals surface area contributed by atoms with Crippen LogP contribution >= 0.6 is 0 Å². The van der Waals surface area contributed by atoms with Crippen LogP contribution in [-0.2, 0) is 11.3 Å². The van der Waals surface area contributed by atoms with Crippen molar-refractivity contribution >= 4 is 5.91 Å². The lowest BCUT2D eigenvalue weighted by molar-refractivity contribution is -0.121. The molecule has 2 rings (SSSR count). The first-order chi connectivity index (χ1) is 9.66. The van der Waals surface area contributed by atoms with Crippen molar-refractivity contribution in [2.24, 2.45) is 5.73 Å². The lowest BCUT2D eigenvalue weighted by Gasteiger charge is -2.12. The SMILES string of the molecule is Cc1cnccc1CNC(=O)CC(N)c1ccccc1. The number of nitrogens with zero attached hydrogens (tertiary/aromatic N) is 1. The van der Waals surface area contributed by atoms with E-state index in [0.717, 1.165) is 16.7 Å². The van der Waals surface area contributed by atoms with Crippen LogP contribution in [0.15, 0.2) is 48.8 Å². The number of carbonyl (C=O) groups excluding carboxylic acids is 1. The molecule has 0 aliphatic rings. The molecule has 1 atom stereocenters. The number of nitrogens with one attached hydrogen (secondary N) is 1. The highest BCUT2D eigenvalue weighted by Crippen LogP contribution is 2.13. The Balaban J connectivity index is 1.86. The maximum Gasteiger partial charge on any atom is 0.222 e. The van der Waals surface area contributed by atoms with Gasteiger partial charge < -0.3 is 11.1 Å². The van der Waals surface area contributed by atoms with Crippen LogP contribution in [0.2, 0.25) is 0 Å². The topological polar surface area (TPSA) is 68.0 Å². The van der Waals surface area contributed by atoms with Gasteiger partial charge in [0.25, 0.3) is 0 Å². The minimum Gasteiger partial charge on any atom is -0.352 e. The van der Waals surface area contributed by atoms with Crippen molar-refractivity contribution in [2.45, 2.75) is 25.9 Å². The first-order valence-electron chi connectivity index (χ1n) is 6.63. The second-order valence-electron chi connectivity index (χ2n) is 4.80. The Hall–Kier alpha value is -2.20. The fraction of sp³-hybridized carbons (Fsp3) is 0.250. The largest absolute Gasteiger partial charge is 0.352 e. The number of carbonyl (C=O) groups is 1. The van der Waals surface area contributed by atoms with Gasteiger partial charge in [0.15, 0.2) is 0 Å². The van der Waals surface area contributed by atoms with Gasteiger partial charge in [-0.15, -0.1) is 0 Å². The molecule has 1 aromatic heterocycles. The first kappa shape index (κ1) is 14.2. The van der Waals surface area contributed by atoms with Gasteiger partial charge in [-0.05, 0) is 29.7 Å². The number of benzene rings is 1. The zero-order chi connectivity index (χ0) is 14.4. The van der Waals surface area contributed by atoms with E-state index in [0.29, 0.717) is 6.54 Å². The van der Waals surface area contributed by atoms with Crippen molar-refractivity contribution in [1.82, 2.24) is 10.3 Å². The van der Waals surface area contributed by atoms with Crippen molar-refractivity contribution in [3.63, 3.8) is 0 Å². The normalized spacial score (nSPS) is 11.9. The van der Waals surface area contributed by atoms with Crippen molar-refractivity contribution < 1.29 is 4.79 Å². The molecule has 4 nitrogen and oxygen atoms in total. The van der Waals surface area contributed by atoms with Crippen LogP contribution in [0.5, 0.6) is 0 Å². The van der Waals surface area contributed by atoms with Crippen LogP contribution in [0, 0.1) is 6.92 Å². The number of rotatable bonds is 5. The third-order valence-corrected chi connectivity index (χ3v) is 3.25. The van der Waals surface area contributed by atoms with E-state index in [1.165, 1.54) is 0 Å². The van der Waals surface area contributed by atoms with Crippen LogP contribution < -0.4 is 11.1 Å². The van der Waals surface area contributed by atoms with E-state index in [2.05, 4.69) is 10.3 Å². The van der Waals surface area contributed by atoms with Gasteiger partial charge in [0.05, 0.1) is 0 Å². The smallest absolute Gasteiger partial charge is 0.222 e. The van der Waals surface area contributed by atoms with Crippen molar-refractivity contribution in [1.29, 1.82) is 0 Å². The van der Waals surface area contributed by atoms with Crippen molar-refractivity contribution in [3.05, 3.63) is 65.5 Å². The maximum atomic E-state index is 11.9. The zero-order valence-electron chi connectivity index (χ0n) is 11.5. The summed E-state index contributed by atoms with van der Waals surface area (Å²) in [5, 5.41) is 2.89. The lowest BCUT2D eigenvalue weighted by atomic mass is 10.0. The molecule has 1 aromatic carbocycles. The Kier molecular flexibility index (Phi) is 4.85. The molecule has 20 heavy (non-hydrogen) atoms. The average molecular weight is 269 g/mol. The Morgan fingerprint density at radius 3 is 2.75 bits per heavy atom. The van der Waals surface area contributed by atoms with Crippen LogP contribution in [0.25, 0.3) is 0 Å². The van der Waals surface area contributed by atoms with E-state index in [4.69, 9.17) is 5.73 Å². The summed E-state index contributed by atoms with van der Waals surface area (Å²) in [6.45, 7) is 2.49. The quantitative estimate of drug-likeness (QED) is 0.873. The van der Waals surface area contributed by atoms with Crippen molar-refractivity contribution in [3.8, 4) is 0 Å². The predicted octanol–water partition coefficient (Wildman–Crippen LogP) is 2.10. The molecule has 2 aromatic rings. The fourth-order valence-corrected chi connectivity index (χ4v) is 1.98. The molecule has 1 amide bonds. The molecule has 0 radical (unpaired) electrons. The summed E-state index contributed by atoms with van der Waals surface area (Å²) in [6, 6.07) is 11.3. The Morgan fingerprint density at radius 1 is 1.30 bits per heavy atom. The van der Waals surface area contributed by atoms with Crippen LogP contribution in [0.4, 0.5) is 0 Å². The monoisotopic (exact) mass is 269 g/mol. The second kappa shape index (κ2) is 6.82. The van der Waals surface area contributed by atoms with Gasteiger partial charge in [-0.3, -0.25) is 9.78 Å². The highest BCUT2D eigenvalue weighted by Gasteiger charge is 2.11. The number of hydrogen-bond donors (Lipinski definition) is 2. The highest BCUT2D eigenvalue weighted by atomic mass is 16.1. The summed E-state index contributed by atoms with van der Waals surface area (Å²) in [7, 11) is 0. The van der Waals surface area contributed by atoms with Gasteiger partial charge in [-0.2, -0.15) is 0 Å². The van der Waals surface area contributed by atoms with Crippen LogP contribution in [-0.4, -0.2) is 10.9 Å². The molecule has 0 aliphatic heterocycles. The number of aryl methyl sites for hydroxylation is 1. The van der Waals surface area contributed by atoms with Gasteiger partial charge >= 0.3 is 0 Å². The molecule has 0 saturated carbocycles. The first-order valence-corrected chi connectivity index (χ1v) is 6.63. The van der Waals surface area contributed by atoms with Gasteiger partial charge in [-0.1, -0.05) is 30.3 Å². The van der Waals surface area contributed by atoms with Gasteiger partial charge in [0, 0.05) is 31.4 Å². The molecule has 1 heterocycles. The standard InChI is InChI=1S/C16H19N3O/c1-12-10-18-8-7-14(12)11-19-16(20)9-15(17)13-5-3-2-4-6-13/h2-8,10,15H,9,11,17H2,1H3,(H,19,20). The van der Waals surface area contributed by atoms with E-state index in [1.807, 2.05) is 43.3 Å². The molecule has 0 saturated heterocycles. The fourth-order valence-electron chi connectivity index (χ4n) is 1.98. The Morgan fingerprint density at radius 2 is 2.05 bits per heavy atom. The zero-order valence-corrected chi connectivity index (χ0v) is 11.5. The van der Waals surface area contributed by atoms with Crippen molar-refractivity contribution in [2.75, 3.05) is 0 Å². The van der Waals surface area contributed by atoms with Crippen LogP contribution in [0.1, 0.15) is 29.2 Å². The number of amides is 1. The summed E-state index contributed by atoms with van der Waals surface area (Å²) in [6.07, 6.45) is 3.80. The lowest BCUT2D eigenvalue weighted by Crippen LogP contribution is -2.27. The molecular formula is C16H19N3O. The number of aromatic nitrogens is 1. The molecule has 4 heteroatoms. The highest BCUT2D eigenvalue weighted by molar-refractivity contribution is 5.76. The summed E-state index contributed by atoms with van der Waals surface area (Å²) in [5.41, 5.74) is 9.14. The number of pyridine rings is 1. The predicted molar refractivity (Wildman–Crippen MR) is 78.8 cm³/mol. The van der Waals surface area contributed by atoms with E-state index in [1.54, 1.807) is 12.4 Å². The molecule has 3 N–H and O–H groups in total. The average Bonchev–Trinajstić information content (AvgIpc) is 2.47. The van der Waals surface area contributed by atoms with E-state index in [9.17, 15) is 4.79 Å². The van der Waals surface area contributed by atoms with Gasteiger partial charge in [0.1, 0.15) is 0 Å². The van der Waals surface area contributed by atoms with E-state index >= 15 is 0 Å². The summed E-state index contributed by atoms with van der Waals surface area (Å²) >= 11 is 0. The third kappa shape index (κ3) is 3.90. The molecule has 104 valence electrons. The molecule has 0 aliphatic carbocycles. The molecule has 0 fully saturated rings. The molecule has 0 spiro atoms. The van der Waals surface area contributed by atoms with Gasteiger partial charge in [0.2, 0.25) is 5.91 Å². The van der Waals surface area contributed by atoms with Gasteiger partial charge in [-0.25, -0.2) is 0 Å².